The van der Waals surface area contributed by atoms with Gasteiger partial charge in [0.05, 0.1) is 0 Å². The van der Waals surface area contributed by atoms with Gasteiger partial charge in [0.1, 0.15) is 5.82 Å². The number of halogens is 1. The van der Waals surface area contributed by atoms with Crippen LogP contribution in [-0.4, -0.2) is 6.54 Å². The first-order valence-electron chi connectivity index (χ1n) is 6.73. The van der Waals surface area contributed by atoms with Crippen molar-refractivity contribution in [3.8, 4) is 0 Å². The van der Waals surface area contributed by atoms with Crippen molar-refractivity contribution < 1.29 is 4.39 Å². The van der Waals surface area contributed by atoms with Crippen LogP contribution in [0.15, 0.2) is 36.4 Å². The van der Waals surface area contributed by atoms with E-state index < -0.39 is 0 Å². The molecule has 3 rings (SSSR count). The Balaban J connectivity index is 1.89. The maximum Gasteiger partial charge on any atom is 0.123 e. The number of aryl methyl sites for hydroxylation is 2. The van der Waals surface area contributed by atoms with Crippen LogP contribution in [0.1, 0.15) is 28.2 Å². The van der Waals surface area contributed by atoms with Gasteiger partial charge in [0.15, 0.2) is 0 Å². The molecule has 0 saturated carbocycles. The van der Waals surface area contributed by atoms with Gasteiger partial charge in [-0.05, 0) is 60.7 Å². The van der Waals surface area contributed by atoms with Crippen LogP contribution in [0.4, 0.5) is 10.1 Å². The summed E-state index contributed by atoms with van der Waals surface area (Å²) in [7, 11) is 0. The molecule has 98 valence electrons. The molecule has 1 N–H and O–H groups in total. The number of hydrogen-bond donors (Lipinski definition) is 1. The molecule has 0 fully saturated rings. The summed E-state index contributed by atoms with van der Waals surface area (Å²) in [6.07, 6.45) is 1.02. The van der Waals surface area contributed by atoms with Crippen molar-refractivity contribution in [3.05, 3.63) is 64.5 Å². The molecule has 2 aromatic rings. The third kappa shape index (κ3) is 2.35. The Bertz CT molecular complexity index is 601. The van der Waals surface area contributed by atoms with Crippen molar-refractivity contribution in [1.82, 2.24) is 0 Å². The standard InChI is InChI=1S/C17H18FN/c1-11-7-14-9-15(10-19-17(14)8-12(11)2)13-3-5-16(18)6-4-13/h3-8,15,19H,9-10H2,1-2H3. The van der Waals surface area contributed by atoms with Gasteiger partial charge in [0, 0.05) is 18.2 Å². The quantitative estimate of drug-likeness (QED) is 0.805. The van der Waals surface area contributed by atoms with Crippen LogP contribution in [0.3, 0.4) is 0 Å². The second-order valence-corrected chi connectivity index (χ2v) is 5.43. The third-order valence-corrected chi connectivity index (χ3v) is 4.07. The van der Waals surface area contributed by atoms with Crippen LogP contribution in [0.25, 0.3) is 0 Å². The fourth-order valence-corrected chi connectivity index (χ4v) is 2.75. The van der Waals surface area contributed by atoms with E-state index >= 15 is 0 Å². The molecule has 0 amide bonds. The van der Waals surface area contributed by atoms with Crippen LogP contribution in [0, 0.1) is 19.7 Å². The predicted molar refractivity (Wildman–Crippen MR) is 77.3 cm³/mol. The Kier molecular flexibility index (Phi) is 3.02. The molecule has 0 spiro atoms. The maximum absolute atomic E-state index is 13.0. The topological polar surface area (TPSA) is 12.0 Å². The first-order chi connectivity index (χ1) is 9.13. The largest absolute Gasteiger partial charge is 0.384 e. The normalized spacial score (nSPS) is 17.7. The highest BCUT2D eigenvalue weighted by molar-refractivity contribution is 5.58. The molecule has 1 aliphatic heterocycles. The van der Waals surface area contributed by atoms with E-state index in [-0.39, 0.29) is 5.82 Å². The fourth-order valence-electron chi connectivity index (χ4n) is 2.75. The molecule has 1 aliphatic rings. The molecular weight excluding hydrogens is 237 g/mol. The highest BCUT2D eigenvalue weighted by Gasteiger charge is 2.20. The highest BCUT2D eigenvalue weighted by atomic mass is 19.1. The number of nitrogens with one attached hydrogen (secondary N) is 1. The summed E-state index contributed by atoms with van der Waals surface area (Å²) < 4.78 is 13.0. The van der Waals surface area contributed by atoms with Gasteiger partial charge in [-0.25, -0.2) is 4.39 Å². The Morgan fingerprint density at radius 1 is 1.05 bits per heavy atom. The molecule has 0 saturated heterocycles. The fraction of sp³-hybridized carbons (Fsp3) is 0.294. The molecule has 2 aromatic carbocycles. The number of benzene rings is 2. The second-order valence-electron chi connectivity index (χ2n) is 5.43. The van der Waals surface area contributed by atoms with E-state index in [1.807, 2.05) is 12.1 Å². The smallest absolute Gasteiger partial charge is 0.123 e. The monoisotopic (exact) mass is 255 g/mol. The van der Waals surface area contributed by atoms with Gasteiger partial charge in [-0.1, -0.05) is 18.2 Å². The van der Waals surface area contributed by atoms with Crippen molar-refractivity contribution >= 4 is 5.69 Å². The predicted octanol–water partition coefficient (Wildman–Crippen LogP) is 4.19. The van der Waals surface area contributed by atoms with E-state index in [0.29, 0.717) is 5.92 Å². The number of anilines is 1. The van der Waals surface area contributed by atoms with E-state index in [0.717, 1.165) is 13.0 Å². The summed E-state index contributed by atoms with van der Waals surface area (Å²) in [5.41, 5.74) is 6.48. The third-order valence-electron chi connectivity index (χ3n) is 4.07. The lowest BCUT2D eigenvalue weighted by Crippen LogP contribution is -2.21. The minimum atomic E-state index is -0.167. The Morgan fingerprint density at radius 2 is 1.74 bits per heavy atom. The molecule has 0 aromatic heterocycles. The zero-order chi connectivity index (χ0) is 13.4. The van der Waals surface area contributed by atoms with Crippen molar-refractivity contribution in [3.63, 3.8) is 0 Å². The van der Waals surface area contributed by atoms with Gasteiger partial charge >= 0.3 is 0 Å². The van der Waals surface area contributed by atoms with Gasteiger partial charge < -0.3 is 5.32 Å². The molecule has 1 unspecified atom stereocenters. The van der Waals surface area contributed by atoms with Gasteiger partial charge in [-0.3, -0.25) is 0 Å². The summed E-state index contributed by atoms with van der Waals surface area (Å²) in [6.45, 7) is 5.21. The van der Waals surface area contributed by atoms with E-state index in [9.17, 15) is 4.39 Å². The molecule has 0 bridgehead atoms. The number of fused-ring (bicyclic) bond motifs is 1. The van der Waals surface area contributed by atoms with Crippen LogP contribution >= 0.6 is 0 Å². The minimum absolute atomic E-state index is 0.167. The molecule has 2 heteroatoms. The summed E-state index contributed by atoms with van der Waals surface area (Å²) in [5.74, 6) is 0.259. The Hall–Kier alpha value is -1.83. The van der Waals surface area contributed by atoms with Crippen molar-refractivity contribution in [2.75, 3.05) is 11.9 Å². The summed E-state index contributed by atoms with van der Waals surface area (Å²) >= 11 is 0. The van der Waals surface area contributed by atoms with Gasteiger partial charge in [-0.2, -0.15) is 0 Å². The molecule has 1 nitrogen and oxygen atoms in total. The summed E-state index contributed by atoms with van der Waals surface area (Å²) in [5, 5.41) is 3.50. The van der Waals surface area contributed by atoms with Crippen LogP contribution in [0.2, 0.25) is 0 Å². The molecule has 1 heterocycles. The lowest BCUT2D eigenvalue weighted by atomic mass is 9.87. The maximum atomic E-state index is 13.0. The lowest BCUT2D eigenvalue weighted by molar-refractivity contribution is 0.623. The Labute approximate surface area is 113 Å². The zero-order valence-electron chi connectivity index (χ0n) is 11.3. The number of hydrogen-bond acceptors (Lipinski definition) is 1. The number of rotatable bonds is 1. The molecular formula is C17H18FN. The van der Waals surface area contributed by atoms with Crippen molar-refractivity contribution in [2.45, 2.75) is 26.2 Å². The molecule has 19 heavy (non-hydrogen) atoms. The Morgan fingerprint density at radius 3 is 2.47 bits per heavy atom. The molecule has 0 aliphatic carbocycles. The molecule has 1 atom stereocenters. The van der Waals surface area contributed by atoms with Crippen LogP contribution in [0.5, 0.6) is 0 Å². The zero-order valence-corrected chi connectivity index (χ0v) is 11.3. The summed E-state index contributed by atoms with van der Waals surface area (Å²) in [6, 6.07) is 11.4. The van der Waals surface area contributed by atoms with E-state index in [4.69, 9.17) is 0 Å². The van der Waals surface area contributed by atoms with Gasteiger partial charge in [0.2, 0.25) is 0 Å². The summed E-state index contributed by atoms with van der Waals surface area (Å²) in [4.78, 5) is 0. The van der Waals surface area contributed by atoms with Crippen LogP contribution < -0.4 is 5.32 Å². The lowest BCUT2D eigenvalue weighted by Gasteiger charge is -2.27. The average Bonchev–Trinajstić information content (AvgIpc) is 2.40. The first-order valence-corrected chi connectivity index (χ1v) is 6.73. The van der Waals surface area contributed by atoms with Crippen molar-refractivity contribution in [1.29, 1.82) is 0 Å². The highest BCUT2D eigenvalue weighted by Crippen LogP contribution is 2.32. The van der Waals surface area contributed by atoms with Gasteiger partial charge in [-0.15, -0.1) is 0 Å². The minimum Gasteiger partial charge on any atom is -0.384 e. The first kappa shape index (κ1) is 12.2. The second kappa shape index (κ2) is 4.69. The van der Waals surface area contributed by atoms with Crippen LogP contribution in [-0.2, 0) is 6.42 Å². The molecule has 0 radical (unpaired) electrons. The van der Waals surface area contributed by atoms with E-state index in [1.165, 1.54) is 27.9 Å². The van der Waals surface area contributed by atoms with Crippen molar-refractivity contribution in [2.24, 2.45) is 0 Å². The SMILES string of the molecule is Cc1cc2c(cc1C)NCC(c1ccc(F)cc1)C2. The van der Waals surface area contributed by atoms with E-state index in [2.05, 4.69) is 31.3 Å². The average molecular weight is 255 g/mol. The van der Waals surface area contributed by atoms with E-state index in [1.54, 1.807) is 12.1 Å². The van der Waals surface area contributed by atoms with Gasteiger partial charge in [0.25, 0.3) is 0 Å².